The minimum atomic E-state index is 0. The highest BCUT2D eigenvalue weighted by atomic mass is 35.5. The van der Waals surface area contributed by atoms with Gasteiger partial charge in [0.05, 0.1) is 13.2 Å². The average molecular weight is 260 g/mol. The fourth-order valence-corrected chi connectivity index (χ4v) is 2.92. The van der Waals surface area contributed by atoms with Crippen molar-refractivity contribution < 1.29 is 22.5 Å². The van der Waals surface area contributed by atoms with E-state index in [1.54, 1.807) is 0 Å². The maximum Gasteiger partial charge on any atom is 0.132 e. The summed E-state index contributed by atoms with van der Waals surface area (Å²) in [6, 6.07) is 4.21. The van der Waals surface area contributed by atoms with Crippen LogP contribution in [0.5, 0.6) is 0 Å². The van der Waals surface area contributed by atoms with Crippen LogP contribution in [-0.4, -0.2) is 19.7 Å². The van der Waals surface area contributed by atoms with Gasteiger partial charge in [0, 0.05) is 11.4 Å². The second-order valence-corrected chi connectivity index (χ2v) is 4.68. The third-order valence-corrected chi connectivity index (χ3v) is 3.74. The Bertz CT molecular complexity index is 395. The molecule has 2 aliphatic heterocycles. The van der Waals surface area contributed by atoms with Crippen LogP contribution < -0.4 is 17.7 Å². The Morgan fingerprint density at radius 3 is 3.06 bits per heavy atom. The van der Waals surface area contributed by atoms with Gasteiger partial charge in [-0.05, 0) is 29.2 Å². The van der Waals surface area contributed by atoms with Crippen LogP contribution in [0.2, 0.25) is 5.02 Å². The molecule has 88 valence electrons. The quantitative estimate of drug-likeness (QED) is 0.578. The summed E-state index contributed by atoms with van der Waals surface area (Å²) < 4.78 is 5.83. The first-order valence-corrected chi connectivity index (χ1v) is 5.97. The first kappa shape index (κ1) is 12.2. The smallest absolute Gasteiger partial charge is 0.132 e. The van der Waals surface area contributed by atoms with E-state index in [0.717, 1.165) is 37.6 Å². The van der Waals surface area contributed by atoms with Crippen LogP contribution in [0.1, 0.15) is 22.8 Å². The van der Waals surface area contributed by atoms with E-state index in [9.17, 15) is 0 Å². The molecule has 0 aromatic heterocycles. The van der Waals surface area contributed by atoms with Crippen LogP contribution in [-0.2, 0) is 17.6 Å². The lowest BCUT2D eigenvalue weighted by Gasteiger charge is -2.25. The summed E-state index contributed by atoms with van der Waals surface area (Å²) in [6.07, 6.45) is 2.38. The van der Waals surface area contributed by atoms with Crippen molar-refractivity contribution >= 4 is 11.6 Å². The van der Waals surface area contributed by atoms with E-state index < -0.39 is 0 Å². The number of halogens is 2. The number of ether oxygens (including phenoxy) is 1. The molecule has 1 unspecified atom stereocenters. The first-order chi connectivity index (χ1) is 7.36. The van der Waals surface area contributed by atoms with Crippen LogP contribution in [0.3, 0.4) is 0 Å². The van der Waals surface area contributed by atoms with E-state index >= 15 is 0 Å². The number of nitrogens with two attached hydrogens (primary N) is 1. The standard InChI is InChI=1S/C12H14ClNO.ClH/c13-10-2-1-8-4-6-15-11-7-14-5-3-9(10)12(8)11;/h1-2,11,14H,3-7H2;1H. The molecule has 0 amide bonds. The molecule has 0 radical (unpaired) electrons. The molecular weight excluding hydrogens is 245 g/mol. The Morgan fingerprint density at radius 2 is 2.19 bits per heavy atom. The Labute approximate surface area is 107 Å². The molecule has 0 bridgehead atoms. The fraction of sp³-hybridized carbons (Fsp3) is 0.500. The summed E-state index contributed by atoms with van der Waals surface area (Å²) in [5.74, 6) is 0. The molecule has 0 saturated carbocycles. The lowest BCUT2D eigenvalue weighted by Crippen LogP contribution is -3.00. The van der Waals surface area contributed by atoms with Crippen molar-refractivity contribution in [2.75, 3.05) is 19.7 Å². The molecule has 0 fully saturated rings. The van der Waals surface area contributed by atoms with Crippen molar-refractivity contribution in [1.82, 2.24) is 0 Å². The molecule has 0 aliphatic carbocycles. The molecule has 2 N–H and O–H groups in total. The SMILES string of the molecule is Clc1ccc2c3c1CC[NH2+]CC3OCC2.[Cl-]. The molecular formula is C12H15Cl2NO. The monoisotopic (exact) mass is 259 g/mol. The maximum absolute atomic E-state index is 6.26. The highest BCUT2D eigenvalue weighted by molar-refractivity contribution is 6.31. The van der Waals surface area contributed by atoms with Crippen LogP contribution in [0.4, 0.5) is 0 Å². The molecule has 0 saturated heterocycles. The second kappa shape index (κ2) is 4.92. The normalized spacial score (nSPS) is 22.9. The van der Waals surface area contributed by atoms with Gasteiger partial charge in [0.1, 0.15) is 12.6 Å². The van der Waals surface area contributed by atoms with E-state index in [1.165, 1.54) is 16.7 Å². The van der Waals surface area contributed by atoms with Crippen LogP contribution in [0, 0.1) is 0 Å². The number of hydrogen-bond donors (Lipinski definition) is 1. The van der Waals surface area contributed by atoms with E-state index in [1.807, 2.05) is 6.07 Å². The van der Waals surface area contributed by atoms with Crippen LogP contribution in [0.15, 0.2) is 12.1 Å². The summed E-state index contributed by atoms with van der Waals surface area (Å²) in [4.78, 5) is 0. The van der Waals surface area contributed by atoms with Crippen molar-refractivity contribution in [3.05, 3.63) is 33.8 Å². The van der Waals surface area contributed by atoms with E-state index in [0.29, 0.717) is 0 Å². The van der Waals surface area contributed by atoms with Crippen molar-refractivity contribution in [2.45, 2.75) is 18.9 Å². The summed E-state index contributed by atoms with van der Waals surface area (Å²) in [6.45, 7) is 3.02. The van der Waals surface area contributed by atoms with E-state index in [2.05, 4.69) is 11.4 Å². The van der Waals surface area contributed by atoms with E-state index in [-0.39, 0.29) is 18.5 Å². The fourth-order valence-electron chi connectivity index (χ4n) is 2.66. The van der Waals surface area contributed by atoms with Gasteiger partial charge in [-0.25, -0.2) is 0 Å². The Morgan fingerprint density at radius 1 is 1.31 bits per heavy atom. The van der Waals surface area contributed by atoms with Gasteiger partial charge in [-0.15, -0.1) is 0 Å². The topological polar surface area (TPSA) is 25.8 Å². The maximum atomic E-state index is 6.26. The lowest BCUT2D eigenvalue weighted by atomic mass is 9.92. The van der Waals surface area contributed by atoms with E-state index in [4.69, 9.17) is 16.3 Å². The molecule has 0 spiro atoms. The zero-order valence-electron chi connectivity index (χ0n) is 9.01. The van der Waals surface area contributed by atoms with Crippen molar-refractivity contribution in [3.8, 4) is 0 Å². The average Bonchev–Trinajstić information content (AvgIpc) is 2.48. The van der Waals surface area contributed by atoms with Gasteiger partial charge in [-0.1, -0.05) is 17.7 Å². The first-order valence-electron chi connectivity index (χ1n) is 5.59. The van der Waals surface area contributed by atoms with Crippen molar-refractivity contribution in [3.63, 3.8) is 0 Å². The third kappa shape index (κ3) is 1.95. The summed E-state index contributed by atoms with van der Waals surface area (Å²) in [5.41, 5.74) is 4.16. The molecule has 16 heavy (non-hydrogen) atoms. The molecule has 4 heteroatoms. The Balaban J connectivity index is 0.000000963. The van der Waals surface area contributed by atoms with Crippen molar-refractivity contribution in [2.24, 2.45) is 0 Å². The summed E-state index contributed by atoms with van der Waals surface area (Å²) >= 11 is 6.26. The molecule has 3 rings (SSSR count). The number of hydrogen-bond acceptors (Lipinski definition) is 1. The predicted molar refractivity (Wildman–Crippen MR) is 59.2 cm³/mol. The zero-order valence-corrected chi connectivity index (χ0v) is 10.5. The largest absolute Gasteiger partial charge is 1.00 e. The third-order valence-electron chi connectivity index (χ3n) is 3.38. The molecule has 2 heterocycles. The van der Waals surface area contributed by atoms with Gasteiger partial charge >= 0.3 is 0 Å². The minimum absolute atomic E-state index is 0. The van der Waals surface area contributed by atoms with Gasteiger partial charge in [-0.2, -0.15) is 0 Å². The van der Waals surface area contributed by atoms with Gasteiger partial charge < -0.3 is 22.5 Å². The summed E-state index contributed by atoms with van der Waals surface area (Å²) in [7, 11) is 0. The minimum Gasteiger partial charge on any atom is -1.00 e. The predicted octanol–water partition coefficient (Wildman–Crippen LogP) is -1.92. The molecule has 1 atom stereocenters. The number of rotatable bonds is 0. The number of benzene rings is 1. The second-order valence-electron chi connectivity index (χ2n) is 4.27. The summed E-state index contributed by atoms with van der Waals surface area (Å²) in [5, 5.41) is 3.25. The van der Waals surface area contributed by atoms with Crippen LogP contribution in [0.25, 0.3) is 0 Å². The van der Waals surface area contributed by atoms with Crippen LogP contribution >= 0.6 is 11.6 Å². The Kier molecular flexibility index (Phi) is 3.75. The number of quaternary nitrogens is 1. The molecule has 1 aromatic rings. The van der Waals surface area contributed by atoms with Gasteiger partial charge in [0.2, 0.25) is 0 Å². The zero-order chi connectivity index (χ0) is 10.3. The van der Waals surface area contributed by atoms with Gasteiger partial charge in [0.25, 0.3) is 0 Å². The highest BCUT2D eigenvalue weighted by Crippen LogP contribution is 2.34. The lowest BCUT2D eigenvalue weighted by molar-refractivity contribution is -0.660. The molecule has 2 nitrogen and oxygen atoms in total. The Hall–Kier alpha value is -0.280. The molecule has 2 aliphatic rings. The molecule has 1 aromatic carbocycles. The van der Waals surface area contributed by atoms with Gasteiger partial charge in [0.15, 0.2) is 0 Å². The van der Waals surface area contributed by atoms with Crippen molar-refractivity contribution in [1.29, 1.82) is 0 Å². The van der Waals surface area contributed by atoms with Gasteiger partial charge in [-0.3, -0.25) is 0 Å². The highest BCUT2D eigenvalue weighted by Gasteiger charge is 2.28.